The minimum Gasteiger partial charge on any atom is -0.322 e. The zero-order valence-corrected chi connectivity index (χ0v) is 11.0. The van der Waals surface area contributed by atoms with Gasteiger partial charge in [0, 0.05) is 11.3 Å². The summed E-state index contributed by atoms with van der Waals surface area (Å²) in [5.41, 5.74) is 1.37. The summed E-state index contributed by atoms with van der Waals surface area (Å²) in [5, 5.41) is 9.83. The predicted octanol–water partition coefficient (Wildman–Crippen LogP) is 3.02. The number of benzene rings is 1. The van der Waals surface area contributed by atoms with Gasteiger partial charge in [0.1, 0.15) is 0 Å². The molecule has 1 amide bonds. The number of hydrogen-bond acceptors (Lipinski definition) is 3. The van der Waals surface area contributed by atoms with Gasteiger partial charge in [-0.25, -0.2) is 0 Å². The summed E-state index contributed by atoms with van der Waals surface area (Å²) in [7, 11) is 0. The van der Waals surface area contributed by atoms with Crippen molar-refractivity contribution in [3.63, 3.8) is 0 Å². The van der Waals surface area contributed by atoms with Crippen LogP contribution >= 0.6 is 23.2 Å². The Morgan fingerprint density at radius 1 is 1.26 bits per heavy atom. The van der Waals surface area contributed by atoms with Gasteiger partial charge in [0.2, 0.25) is 0 Å². The third kappa shape index (κ3) is 3.22. The van der Waals surface area contributed by atoms with Crippen molar-refractivity contribution >= 4 is 34.8 Å². The van der Waals surface area contributed by atoms with Crippen molar-refractivity contribution in [1.82, 2.24) is 10.2 Å². The highest BCUT2D eigenvalue weighted by molar-refractivity contribution is 6.34. The van der Waals surface area contributed by atoms with Crippen molar-refractivity contribution in [2.75, 3.05) is 5.32 Å². The Kier molecular flexibility index (Phi) is 4.00. The zero-order valence-electron chi connectivity index (χ0n) is 9.52. The Morgan fingerprint density at radius 3 is 2.79 bits per heavy atom. The van der Waals surface area contributed by atoms with Crippen molar-refractivity contribution in [1.29, 1.82) is 0 Å². The lowest BCUT2D eigenvalue weighted by Crippen LogP contribution is -2.13. The number of halogens is 2. The third-order valence-corrected chi connectivity index (χ3v) is 2.71. The lowest BCUT2D eigenvalue weighted by molar-refractivity contribution is 0.102. The molecule has 0 fully saturated rings. The Balaban J connectivity index is 2.26. The molecule has 0 aliphatic heterocycles. The van der Waals surface area contributed by atoms with Gasteiger partial charge in [-0.15, -0.1) is 16.6 Å². The van der Waals surface area contributed by atoms with Crippen LogP contribution in [0.15, 0.2) is 30.3 Å². The van der Waals surface area contributed by atoms with Gasteiger partial charge in [-0.1, -0.05) is 35.2 Å². The van der Waals surface area contributed by atoms with Crippen LogP contribution in [0, 0.1) is 12.3 Å². The zero-order chi connectivity index (χ0) is 13.8. The summed E-state index contributed by atoms with van der Waals surface area (Å²) < 4.78 is 0. The van der Waals surface area contributed by atoms with Crippen LogP contribution in [-0.4, -0.2) is 16.1 Å². The van der Waals surface area contributed by atoms with Crippen LogP contribution < -0.4 is 5.32 Å². The number of aromatic nitrogens is 2. The summed E-state index contributed by atoms with van der Waals surface area (Å²) in [4.78, 5) is 12.0. The number of anilines is 1. The predicted molar refractivity (Wildman–Crippen MR) is 74.4 cm³/mol. The lowest BCUT2D eigenvalue weighted by atomic mass is 10.2. The summed E-state index contributed by atoms with van der Waals surface area (Å²) in [6.45, 7) is 0. The van der Waals surface area contributed by atoms with Crippen LogP contribution in [0.25, 0.3) is 0 Å². The fourth-order valence-corrected chi connectivity index (χ4v) is 1.72. The van der Waals surface area contributed by atoms with Crippen molar-refractivity contribution < 1.29 is 4.79 Å². The average Bonchev–Trinajstić information content (AvgIpc) is 2.41. The molecule has 19 heavy (non-hydrogen) atoms. The van der Waals surface area contributed by atoms with Gasteiger partial charge in [-0.3, -0.25) is 4.79 Å². The molecular weight excluding hydrogens is 285 g/mol. The molecule has 0 spiro atoms. The van der Waals surface area contributed by atoms with E-state index in [0.29, 0.717) is 11.3 Å². The topological polar surface area (TPSA) is 54.9 Å². The summed E-state index contributed by atoms with van der Waals surface area (Å²) in [6.07, 6.45) is 5.29. The largest absolute Gasteiger partial charge is 0.322 e. The molecule has 0 atom stereocenters. The quantitative estimate of drug-likeness (QED) is 0.866. The van der Waals surface area contributed by atoms with Crippen molar-refractivity contribution in [3.05, 3.63) is 51.8 Å². The first-order valence-corrected chi connectivity index (χ1v) is 5.92. The molecule has 0 bridgehead atoms. The number of rotatable bonds is 2. The summed E-state index contributed by atoms with van der Waals surface area (Å²) in [6, 6.07) is 8.22. The first kappa shape index (κ1) is 13.3. The highest BCUT2D eigenvalue weighted by Gasteiger charge is 2.13. The monoisotopic (exact) mass is 291 g/mol. The van der Waals surface area contributed by atoms with Gasteiger partial charge >= 0.3 is 0 Å². The second kappa shape index (κ2) is 5.70. The van der Waals surface area contributed by atoms with Crippen LogP contribution in [0.2, 0.25) is 10.3 Å². The van der Waals surface area contributed by atoms with Crippen molar-refractivity contribution in [2.24, 2.45) is 0 Å². The molecule has 0 aliphatic carbocycles. The molecule has 94 valence electrons. The molecule has 2 rings (SSSR count). The molecule has 0 saturated carbocycles. The molecule has 1 N–H and O–H groups in total. The van der Waals surface area contributed by atoms with E-state index >= 15 is 0 Å². The van der Waals surface area contributed by atoms with Crippen molar-refractivity contribution in [2.45, 2.75) is 0 Å². The van der Waals surface area contributed by atoms with E-state index in [0.717, 1.165) is 0 Å². The Bertz CT molecular complexity index is 680. The van der Waals surface area contributed by atoms with E-state index in [9.17, 15) is 4.79 Å². The Morgan fingerprint density at radius 2 is 2.05 bits per heavy atom. The minimum atomic E-state index is -0.434. The molecule has 1 aromatic carbocycles. The second-order valence-electron chi connectivity index (χ2n) is 3.55. The number of carbonyl (C=O) groups excluding carboxylic acids is 1. The van der Waals surface area contributed by atoms with Gasteiger partial charge in [0.05, 0.1) is 5.56 Å². The van der Waals surface area contributed by atoms with Crippen LogP contribution in [0.1, 0.15) is 15.9 Å². The molecule has 6 heteroatoms. The number of amides is 1. The highest BCUT2D eigenvalue weighted by atomic mass is 35.5. The number of carbonyl (C=O) groups is 1. The van der Waals surface area contributed by atoms with Gasteiger partial charge in [-0.2, -0.15) is 0 Å². The maximum absolute atomic E-state index is 12.0. The van der Waals surface area contributed by atoms with Gasteiger partial charge < -0.3 is 5.32 Å². The molecule has 1 aromatic heterocycles. The van der Waals surface area contributed by atoms with Gasteiger partial charge in [0.25, 0.3) is 5.91 Å². The molecule has 0 radical (unpaired) electrons. The molecule has 0 unspecified atom stereocenters. The van der Waals surface area contributed by atoms with Crippen LogP contribution in [0.5, 0.6) is 0 Å². The van der Waals surface area contributed by atoms with E-state index in [1.54, 1.807) is 24.3 Å². The summed E-state index contributed by atoms with van der Waals surface area (Å²) >= 11 is 11.5. The average molecular weight is 292 g/mol. The van der Waals surface area contributed by atoms with E-state index in [-0.39, 0.29) is 15.9 Å². The fourth-order valence-electron chi connectivity index (χ4n) is 1.40. The molecule has 2 aromatic rings. The van der Waals surface area contributed by atoms with Crippen LogP contribution in [-0.2, 0) is 0 Å². The maximum Gasteiger partial charge on any atom is 0.258 e. The van der Waals surface area contributed by atoms with Crippen molar-refractivity contribution in [3.8, 4) is 12.3 Å². The number of terminal acetylenes is 1. The Hall–Kier alpha value is -2.09. The minimum absolute atomic E-state index is 0.0185. The number of hydrogen-bond donors (Lipinski definition) is 1. The number of nitrogens with one attached hydrogen (secondary N) is 1. The smallest absolute Gasteiger partial charge is 0.258 e. The number of nitrogens with zero attached hydrogens (tertiary/aromatic N) is 2. The maximum atomic E-state index is 12.0. The summed E-state index contributed by atoms with van der Waals surface area (Å²) in [5.74, 6) is 2.05. The Labute approximate surface area is 119 Å². The van der Waals surface area contributed by atoms with Crippen LogP contribution in [0.4, 0.5) is 5.69 Å². The van der Waals surface area contributed by atoms with Gasteiger partial charge in [-0.05, 0) is 24.3 Å². The second-order valence-corrected chi connectivity index (χ2v) is 4.30. The van der Waals surface area contributed by atoms with E-state index in [1.165, 1.54) is 6.07 Å². The normalized spacial score (nSPS) is 9.74. The van der Waals surface area contributed by atoms with Gasteiger partial charge in [0.15, 0.2) is 10.3 Å². The SMILES string of the molecule is C#Cc1cccc(NC(=O)c2cc(Cl)nnc2Cl)c1. The third-order valence-electron chi connectivity index (χ3n) is 2.25. The molecule has 0 saturated heterocycles. The standard InChI is InChI=1S/C13H7Cl2N3O/c1-2-8-4-3-5-9(6-8)16-13(19)10-7-11(14)17-18-12(10)15/h1,3-7H,(H,16,19). The van der Waals surface area contributed by atoms with E-state index in [4.69, 9.17) is 29.6 Å². The molecule has 1 heterocycles. The lowest BCUT2D eigenvalue weighted by Gasteiger charge is -2.06. The molecule has 4 nitrogen and oxygen atoms in total. The first-order valence-electron chi connectivity index (χ1n) is 5.17. The highest BCUT2D eigenvalue weighted by Crippen LogP contribution is 2.18. The molecular formula is C13H7Cl2N3O. The van der Waals surface area contributed by atoms with Crippen LogP contribution in [0.3, 0.4) is 0 Å². The first-order chi connectivity index (χ1) is 9.10. The molecule has 0 aliphatic rings. The van der Waals surface area contributed by atoms with E-state index in [2.05, 4.69) is 21.4 Å². The van der Waals surface area contributed by atoms with E-state index < -0.39 is 5.91 Å². The fraction of sp³-hybridized carbons (Fsp3) is 0. The van der Waals surface area contributed by atoms with E-state index in [1.807, 2.05) is 0 Å².